The predicted molar refractivity (Wildman–Crippen MR) is 45.0 cm³/mol. The van der Waals surface area contributed by atoms with Gasteiger partial charge in [0, 0.05) is 0 Å². The average Bonchev–Trinajstić information content (AvgIpc) is 2.07. The molecule has 0 aliphatic heterocycles. The lowest BCUT2D eigenvalue weighted by atomic mass is 10.1. The van der Waals surface area contributed by atoms with E-state index in [9.17, 15) is 13.2 Å². The van der Waals surface area contributed by atoms with E-state index in [1.54, 1.807) is 6.92 Å². The molecule has 0 amide bonds. The summed E-state index contributed by atoms with van der Waals surface area (Å²) in [6.45, 7) is 1.76. The fourth-order valence-electron chi connectivity index (χ4n) is 0.990. The number of hydrogen-bond acceptors (Lipinski definition) is 0. The zero-order valence-corrected chi connectivity index (χ0v) is 7.34. The molecule has 2 nitrogen and oxygen atoms in total. The van der Waals surface area contributed by atoms with Crippen molar-refractivity contribution in [2.24, 2.45) is 0 Å². The van der Waals surface area contributed by atoms with Crippen LogP contribution in [-0.4, -0.2) is 16.7 Å². The Morgan fingerprint density at radius 2 is 1.71 bits per heavy atom. The van der Waals surface area contributed by atoms with E-state index in [2.05, 4.69) is 4.79 Å². The summed E-state index contributed by atoms with van der Waals surface area (Å²) in [6, 6.07) is 5.56. The Balaban J connectivity index is 3.16. The maximum Gasteiger partial charge on any atom is 0.495 e. The third-order valence-electron chi connectivity index (χ3n) is 1.69. The van der Waals surface area contributed by atoms with Crippen molar-refractivity contribution in [3.05, 3.63) is 40.9 Å². The highest BCUT2D eigenvalue weighted by Gasteiger charge is 2.45. The molecule has 0 aliphatic rings. The van der Waals surface area contributed by atoms with Gasteiger partial charge in [0.15, 0.2) is 0 Å². The van der Waals surface area contributed by atoms with Crippen molar-refractivity contribution in [2.45, 2.75) is 13.1 Å². The topological polar surface area (TPSA) is 36.4 Å². The van der Waals surface area contributed by atoms with E-state index in [1.807, 2.05) is 0 Å². The van der Waals surface area contributed by atoms with Gasteiger partial charge in [0.05, 0.1) is 5.56 Å². The fraction of sp³-hybridized carbons (Fsp3) is 0.222. The zero-order valence-electron chi connectivity index (χ0n) is 7.34. The molecule has 1 aromatic carbocycles. The van der Waals surface area contributed by atoms with Gasteiger partial charge in [0.1, 0.15) is 0 Å². The molecule has 0 unspecified atom stereocenters. The quantitative estimate of drug-likeness (QED) is 0.379. The summed E-state index contributed by atoms with van der Waals surface area (Å²) in [5, 5.41) is 0. The van der Waals surface area contributed by atoms with Gasteiger partial charge in [-0.3, -0.25) is 0 Å². The monoisotopic (exact) mass is 200 g/mol. The van der Waals surface area contributed by atoms with Crippen molar-refractivity contribution in [1.82, 2.24) is 0 Å². The van der Waals surface area contributed by atoms with E-state index in [0.29, 0.717) is 0 Å². The lowest BCUT2D eigenvalue weighted by molar-refractivity contribution is -0.111. The first-order valence-corrected chi connectivity index (χ1v) is 3.81. The van der Waals surface area contributed by atoms with Crippen LogP contribution < -0.4 is 0 Å². The molecule has 14 heavy (non-hydrogen) atoms. The van der Waals surface area contributed by atoms with E-state index >= 15 is 0 Å². The minimum absolute atomic E-state index is 0.148. The van der Waals surface area contributed by atoms with Gasteiger partial charge in [0.2, 0.25) is 0 Å². The van der Waals surface area contributed by atoms with Gasteiger partial charge in [0.25, 0.3) is 0 Å². The Bertz CT molecular complexity index is 372. The molecule has 74 valence electrons. The average molecular weight is 200 g/mol. The molecule has 0 radical (unpaired) electrons. The molecule has 0 saturated heterocycles. The molecular formula is C9H7F3N2. The Labute approximate surface area is 78.6 Å². The second-order valence-electron chi connectivity index (χ2n) is 2.81. The first-order chi connectivity index (χ1) is 6.45. The number of halogens is 3. The van der Waals surface area contributed by atoms with E-state index in [0.717, 1.165) is 5.56 Å². The molecule has 0 bridgehead atoms. The van der Waals surface area contributed by atoms with Crippen LogP contribution >= 0.6 is 0 Å². The summed E-state index contributed by atoms with van der Waals surface area (Å²) in [5.41, 5.74) is 7.67. The number of nitrogens with zero attached hydrogens (tertiary/aromatic N) is 2. The molecule has 0 saturated carbocycles. The van der Waals surface area contributed by atoms with Crippen LogP contribution in [0, 0.1) is 6.92 Å². The van der Waals surface area contributed by atoms with E-state index in [4.69, 9.17) is 5.53 Å². The summed E-state index contributed by atoms with van der Waals surface area (Å²) < 4.78 is 36.6. The van der Waals surface area contributed by atoms with Crippen LogP contribution in [0.1, 0.15) is 11.1 Å². The van der Waals surface area contributed by atoms with Gasteiger partial charge in [-0.1, -0.05) is 17.7 Å². The van der Waals surface area contributed by atoms with Gasteiger partial charge >= 0.3 is 11.9 Å². The minimum Gasteiger partial charge on any atom is -0.361 e. The molecule has 5 heteroatoms. The number of aryl methyl sites for hydroxylation is 1. The maximum atomic E-state index is 12.2. The molecular weight excluding hydrogens is 193 g/mol. The molecule has 0 N–H and O–H groups in total. The van der Waals surface area contributed by atoms with Crippen LogP contribution in [0.5, 0.6) is 0 Å². The smallest absolute Gasteiger partial charge is 0.361 e. The largest absolute Gasteiger partial charge is 0.495 e. The Kier molecular flexibility index (Phi) is 2.72. The molecule has 1 aromatic rings. The van der Waals surface area contributed by atoms with Crippen LogP contribution in [0.2, 0.25) is 0 Å². The third-order valence-corrected chi connectivity index (χ3v) is 1.69. The summed E-state index contributed by atoms with van der Waals surface area (Å²) in [5.74, 6) is 0. The normalized spacial score (nSPS) is 10.9. The van der Waals surface area contributed by atoms with Crippen LogP contribution in [0.15, 0.2) is 24.3 Å². The van der Waals surface area contributed by atoms with Gasteiger partial charge in [-0.25, -0.2) is 0 Å². The van der Waals surface area contributed by atoms with Crippen molar-refractivity contribution in [2.75, 3.05) is 0 Å². The summed E-state index contributed by atoms with van der Waals surface area (Å²) in [7, 11) is 0. The highest BCUT2D eigenvalue weighted by molar-refractivity contribution is 6.00. The molecule has 0 aromatic heterocycles. The summed E-state index contributed by atoms with van der Waals surface area (Å²) in [4.78, 5) is 2.25. The second-order valence-corrected chi connectivity index (χ2v) is 2.81. The highest BCUT2D eigenvalue weighted by atomic mass is 19.4. The number of alkyl halides is 3. The number of hydrogen-bond donors (Lipinski definition) is 0. The molecule has 0 atom stereocenters. The van der Waals surface area contributed by atoms with Crippen molar-refractivity contribution in [3.63, 3.8) is 0 Å². The fourth-order valence-corrected chi connectivity index (χ4v) is 0.990. The first-order valence-electron chi connectivity index (χ1n) is 3.81. The van der Waals surface area contributed by atoms with Crippen molar-refractivity contribution in [1.29, 1.82) is 0 Å². The lowest BCUT2D eigenvalue weighted by Gasteiger charge is -2.01. The Hall–Kier alpha value is -1.61. The van der Waals surface area contributed by atoms with Crippen molar-refractivity contribution >= 4 is 5.71 Å². The molecule has 0 spiro atoms. The number of rotatable bonds is 1. The van der Waals surface area contributed by atoms with Gasteiger partial charge in [-0.05, 0) is 19.1 Å². The lowest BCUT2D eigenvalue weighted by Crippen LogP contribution is -2.24. The van der Waals surface area contributed by atoms with Crippen LogP contribution in [0.25, 0.3) is 5.53 Å². The van der Waals surface area contributed by atoms with Gasteiger partial charge in [-0.15, -0.1) is 0 Å². The van der Waals surface area contributed by atoms with Crippen LogP contribution in [0.4, 0.5) is 13.2 Å². The summed E-state index contributed by atoms with van der Waals surface area (Å²) >= 11 is 0. The standard InChI is InChI=1S/C9H7F3N2/c1-6-2-4-7(5-3-6)8(14-13)9(10,11)12/h2-5H,1H3. The minimum atomic E-state index is -4.63. The maximum absolute atomic E-state index is 12.2. The zero-order chi connectivity index (χ0) is 10.8. The van der Waals surface area contributed by atoms with Crippen LogP contribution in [-0.2, 0) is 0 Å². The van der Waals surface area contributed by atoms with Crippen LogP contribution in [0.3, 0.4) is 0 Å². The summed E-state index contributed by atoms with van der Waals surface area (Å²) in [6.07, 6.45) is -4.63. The molecule has 0 fully saturated rings. The van der Waals surface area contributed by atoms with Gasteiger partial charge in [-0.2, -0.15) is 18.0 Å². The number of benzene rings is 1. The van der Waals surface area contributed by atoms with Crippen molar-refractivity contribution < 1.29 is 18.0 Å². The third kappa shape index (κ3) is 2.20. The highest BCUT2D eigenvalue weighted by Crippen LogP contribution is 2.21. The van der Waals surface area contributed by atoms with E-state index < -0.39 is 11.9 Å². The molecule has 0 aliphatic carbocycles. The SMILES string of the molecule is Cc1ccc(C(=[N+]=[N-])C(F)(F)F)cc1. The van der Waals surface area contributed by atoms with Crippen molar-refractivity contribution in [3.8, 4) is 0 Å². The van der Waals surface area contributed by atoms with Gasteiger partial charge < -0.3 is 5.53 Å². The Morgan fingerprint density at radius 1 is 1.21 bits per heavy atom. The van der Waals surface area contributed by atoms with E-state index in [-0.39, 0.29) is 5.56 Å². The Morgan fingerprint density at radius 3 is 2.07 bits per heavy atom. The molecule has 1 rings (SSSR count). The second kappa shape index (κ2) is 3.64. The first kappa shape index (κ1) is 10.5. The molecule has 0 heterocycles. The van der Waals surface area contributed by atoms with E-state index in [1.165, 1.54) is 24.3 Å². The predicted octanol–water partition coefficient (Wildman–Crippen LogP) is 2.58.